The zero-order valence-electron chi connectivity index (χ0n) is 56.2. The van der Waals surface area contributed by atoms with Gasteiger partial charge >= 0.3 is 39.5 Å². The van der Waals surface area contributed by atoms with Crippen molar-refractivity contribution in [2.24, 2.45) is 5.92 Å². The van der Waals surface area contributed by atoms with E-state index in [0.717, 1.165) is 95.8 Å². The molecule has 3 N–H and O–H groups in total. The first-order chi connectivity index (χ1) is 42.0. The molecule has 17 nitrogen and oxygen atoms in total. The third-order valence-electron chi connectivity index (χ3n) is 15.8. The Labute approximate surface area is 530 Å². The summed E-state index contributed by atoms with van der Waals surface area (Å²) in [6.07, 6.45) is 47.0. The second-order valence-corrected chi connectivity index (χ2v) is 27.9. The van der Waals surface area contributed by atoms with Gasteiger partial charge in [0, 0.05) is 25.7 Å². The number of carbonyl (C=O) groups excluding carboxylic acids is 4. The Bertz CT molecular complexity index is 1690. The van der Waals surface area contributed by atoms with Gasteiger partial charge in [-0.15, -0.1) is 0 Å². The standard InChI is InChI=1S/C68H132O17P2/c1-6-9-12-15-18-21-24-26-32-37-42-47-52-66(71)79-58-64(85-68(73)54-49-44-39-34-29-28-30-35-40-45-50-61(4)5)60-83-87(76,77)81-56-62(69)55-80-86(74,75)82-59-63(57-78-65(70)51-46-41-36-31-23-20-17-14-11-8-3)84-67(72)53-48-43-38-33-27-25-22-19-16-13-10-7-2/h61-64,69H,6-60H2,1-5H3,(H,74,75)(H,76,77)/t62-,63+,64+/m0/s1. The van der Waals surface area contributed by atoms with Crippen LogP contribution < -0.4 is 0 Å². The molecule has 0 aromatic heterocycles. The van der Waals surface area contributed by atoms with E-state index in [2.05, 4.69) is 34.6 Å². The molecular weight excluding hydrogens is 1150 g/mol. The lowest BCUT2D eigenvalue weighted by molar-refractivity contribution is -0.161. The van der Waals surface area contributed by atoms with Gasteiger partial charge in [0.15, 0.2) is 12.2 Å². The number of ether oxygens (including phenoxy) is 4. The van der Waals surface area contributed by atoms with Gasteiger partial charge in [-0.2, -0.15) is 0 Å². The molecule has 5 atom stereocenters. The molecule has 0 aromatic carbocycles. The highest BCUT2D eigenvalue weighted by atomic mass is 31.2. The minimum absolute atomic E-state index is 0.106. The topological polar surface area (TPSA) is 237 Å². The van der Waals surface area contributed by atoms with Crippen LogP contribution in [-0.4, -0.2) is 96.7 Å². The van der Waals surface area contributed by atoms with E-state index < -0.39 is 97.5 Å². The summed E-state index contributed by atoms with van der Waals surface area (Å²) in [6.45, 7) is 7.22. The average molecular weight is 1280 g/mol. The first-order valence-electron chi connectivity index (χ1n) is 35.6. The van der Waals surface area contributed by atoms with E-state index in [0.29, 0.717) is 25.7 Å². The Balaban J connectivity index is 5.25. The lowest BCUT2D eigenvalue weighted by Gasteiger charge is -2.21. The smallest absolute Gasteiger partial charge is 0.462 e. The molecule has 0 spiro atoms. The number of hydrogen-bond donors (Lipinski definition) is 3. The van der Waals surface area contributed by atoms with Gasteiger partial charge in [0.2, 0.25) is 0 Å². The van der Waals surface area contributed by atoms with Gasteiger partial charge in [-0.3, -0.25) is 37.3 Å². The molecule has 0 aliphatic rings. The fraction of sp³-hybridized carbons (Fsp3) is 0.941. The van der Waals surface area contributed by atoms with E-state index in [4.69, 9.17) is 37.0 Å². The molecule has 0 fully saturated rings. The molecule has 87 heavy (non-hydrogen) atoms. The van der Waals surface area contributed by atoms with Crippen LogP contribution in [-0.2, 0) is 65.4 Å². The van der Waals surface area contributed by atoms with Crippen molar-refractivity contribution in [2.45, 2.75) is 368 Å². The molecule has 0 amide bonds. The van der Waals surface area contributed by atoms with Gasteiger partial charge in [0.05, 0.1) is 26.4 Å². The quantitative estimate of drug-likeness (QED) is 0.0222. The Morgan fingerprint density at radius 1 is 0.310 bits per heavy atom. The van der Waals surface area contributed by atoms with Crippen LogP contribution in [0.3, 0.4) is 0 Å². The van der Waals surface area contributed by atoms with Gasteiger partial charge in [-0.05, 0) is 31.6 Å². The highest BCUT2D eigenvalue weighted by Crippen LogP contribution is 2.45. The van der Waals surface area contributed by atoms with E-state index in [9.17, 15) is 43.2 Å². The Hall–Kier alpha value is -1.94. The minimum atomic E-state index is -4.95. The Morgan fingerprint density at radius 2 is 0.529 bits per heavy atom. The molecule has 516 valence electrons. The molecule has 19 heteroatoms. The number of rotatable bonds is 68. The zero-order chi connectivity index (χ0) is 64.2. The van der Waals surface area contributed by atoms with Crippen LogP contribution in [0, 0.1) is 5.92 Å². The SMILES string of the molecule is CCCCCCCCCCCCCCC(=O)OC[C@H](COP(=O)(O)OC[C@@H](O)COP(=O)(O)OC[C@@H](COC(=O)CCCCCCCCCCCC)OC(=O)CCCCCCCCCCCCCC)OC(=O)CCCCCCCCCCCCC(C)C. The molecule has 0 heterocycles. The summed E-state index contributed by atoms with van der Waals surface area (Å²) in [4.78, 5) is 72.4. The van der Waals surface area contributed by atoms with Crippen LogP contribution in [0.1, 0.15) is 349 Å². The van der Waals surface area contributed by atoms with Crippen molar-refractivity contribution < 1.29 is 80.2 Å². The molecule has 0 rings (SSSR count). The van der Waals surface area contributed by atoms with Crippen molar-refractivity contribution in [2.75, 3.05) is 39.6 Å². The normalized spacial score (nSPS) is 14.1. The fourth-order valence-electron chi connectivity index (χ4n) is 10.3. The number of aliphatic hydroxyl groups is 1. The first-order valence-corrected chi connectivity index (χ1v) is 38.6. The van der Waals surface area contributed by atoms with Crippen molar-refractivity contribution in [1.29, 1.82) is 0 Å². The highest BCUT2D eigenvalue weighted by Gasteiger charge is 2.30. The monoisotopic (exact) mass is 1280 g/mol. The zero-order valence-corrected chi connectivity index (χ0v) is 57.9. The maximum Gasteiger partial charge on any atom is 0.472 e. The molecular formula is C68H132O17P2. The number of phosphoric acid groups is 2. The molecule has 0 saturated heterocycles. The summed E-state index contributed by atoms with van der Waals surface area (Å²) >= 11 is 0. The van der Waals surface area contributed by atoms with E-state index in [-0.39, 0.29) is 25.7 Å². The van der Waals surface area contributed by atoms with Crippen molar-refractivity contribution in [3.05, 3.63) is 0 Å². The van der Waals surface area contributed by atoms with Crippen LogP contribution in [0.5, 0.6) is 0 Å². The number of hydrogen-bond acceptors (Lipinski definition) is 15. The van der Waals surface area contributed by atoms with Crippen LogP contribution >= 0.6 is 15.6 Å². The van der Waals surface area contributed by atoms with Gasteiger partial charge in [-0.1, -0.05) is 298 Å². The first kappa shape index (κ1) is 85.1. The predicted octanol–water partition coefficient (Wildman–Crippen LogP) is 19.4. The molecule has 0 aliphatic heterocycles. The Kier molecular flexibility index (Phi) is 60.2. The van der Waals surface area contributed by atoms with E-state index >= 15 is 0 Å². The van der Waals surface area contributed by atoms with Gasteiger partial charge in [0.1, 0.15) is 19.3 Å². The fourth-order valence-corrected chi connectivity index (χ4v) is 11.9. The lowest BCUT2D eigenvalue weighted by atomic mass is 10.0. The van der Waals surface area contributed by atoms with Crippen molar-refractivity contribution in [3.63, 3.8) is 0 Å². The van der Waals surface area contributed by atoms with Crippen LogP contribution in [0.25, 0.3) is 0 Å². The summed E-state index contributed by atoms with van der Waals surface area (Å²) < 4.78 is 68.2. The summed E-state index contributed by atoms with van der Waals surface area (Å²) in [7, 11) is -9.89. The largest absolute Gasteiger partial charge is 0.472 e. The van der Waals surface area contributed by atoms with Gasteiger partial charge in [-0.25, -0.2) is 9.13 Å². The molecule has 0 aromatic rings. The minimum Gasteiger partial charge on any atom is -0.462 e. The van der Waals surface area contributed by atoms with Crippen LogP contribution in [0.15, 0.2) is 0 Å². The third kappa shape index (κ3) is 62.6. The number of unbranched alkanes of at least 4 members (excludes halogenated alkanes) is 40. The molecule has 0 bridgehead atoms. The molecule has 0 aliphatic carbocycles. The highest BCUT2D eigenvalue weighted by molar-refractivity contribution is 7.47. The van der Waals surface area contributed by atoms with Crippen molar-refractivity contribution >= 4 is 39.5 Å². The molecule has 2 unspecified atom stereocenters. The summed E-state index contributed by atoms with van der Waals surface area (Å²) in [5, 5.41) is 10.6. The molecule has 0 saturated carbocycles. The summed E-state index contributed by atoms with van der Waals surface area (Å²) in [5.41, 5.74) is 0. The average Bonchev–Trinajstić information content (AvgIpc) is 3.54. The number of esters is 4. The van der Waals surface area contributed by atoms with Crippen LogP contribution in [0.4, 0.5) is 0 Å². The lowest BCUT2D eigenvalue weighted by Crippen LogP contribution is -2.30. The summed E-state index contributed by atoms with van der Waals surface area (Å²) in [5.74, 6) is -1.37. The van der Waals surface area contributed by atoms with E-state index in [1.807, 2.05) is 0 Å². The maximum atomic E-state index is 13.0. The Morgan fingerprint density at radius 3 is 0.782 bits per heavy atom. The van der Waals surface area contributed by atoms with Gasteiger partial charge in [0.25, 0.3) is 0 Å². The number of aliphatic hydroxyl groups excluding tert-OH is 1. The summed E-state index contributed by atoms with van der Waals surface area (Å²) in [6, 6.07) is 0. The second kappa shape index (κ2) is 61.6. The predicted molar refractivity (Wildman–Crippen MR) is 349 cm³/mol. The molecule has 0 radical (unpaired) electrons. The third-order valence-corrected chi connectivity index (χ3v) is 17.7. The van der Waals surface area contributed by atoms with Gasteiger partial charge < -0.3 is 33.8 Å². The number of carbonyl (C=O) groups is 4. The number of phosphoric ester groups is 2. The second-order valence-electron chi connectivity index (χ2n) is 25.0. The van der Waals surface area contributed by atoms with Crippen molar-refractivity contribution in [1.82, 2.24) is 0 Å². The van der Waals surface area contributed by atoms with E-state index in [1.54, 1.807) is 0 Å². The van der Waals surface area contributed by atoms with Crippen molar-refractivity contribution in [3.8, 4) is 0 Å². The van der Waals surface area contributed by atoms with Crippen LogP contribution in [0.2, 0.25) is 0 Å². The maximum absolute atomic E-state index is 13.0. The van der Waals surface area contributed by atoms with E-state index in [1.165, 1.54) is 173 Å².